The van der Waals surface area contributed by atoms with Gasteiger partial charge in [-0.3, -0.25) is 4.79 Å². The summed E-state index contributed by atoms with van der Waals surface area (Å²) in [6.45, 7) is 5.24. The molecule has 2 N–H and O–H groups in total. The molecule has 3 rings (SSSR count). The number of carbonyl (C=O) groups excluding carboxylic acids is 2. The summed E-state index contributed by atoms with van der Waals surface area (Å²) in [6, 6.07) is 12.9. The molecule has 0 radical (unpaired) electrons. The van der Waals surface area contributed by atoms with Gasteiger partial charge < -0.3 is 20.4 Å². The van der Waals surface area contributed by atoms with Crippen LogP contribution in [0.5, 0.6) is 0 Å². The third-order valence-electron chi connectivity index (χ3n) is 5.92. The quantitative estimate of drug-likeness (QED) is 0.487. The maximum absolute atomic E-state index is 12.6. The number of hydrogen-bond donors (Lipinski definition) is 2. The molecule has 3 amide bonds. The highest BCUT2D eigenvalue weighted by molar-refractivity contribution is 6.39. The zero-order chi connectivity index (χ0) is 24.0. The molecule has 1 aliphatic rings. The van der Waals surface area contributed by atoms with E-state index in [0.717, 1.165) is 24.2 Å². The molecule has 0 unspecified atom stereocenters. The van der Waals surface area contributed by atoms with E-state index in [0.29, 0.717) is 47.6 Å². The smallest absolute Gasteiger partial charge is 0.321 e. The van der Waals surface area contributed by atoms with Crippen LogP contribution in [0, 0.1) is 0 Å². The monoisotopic (exact) mass is 488 g/mol. The lowest BCUT2D eigenvalue weighted by Gasteiger charge is -2.32. The van der Waals surface area contributed by atoms with Gasteiger partial charge in [0.25, 0.3) is 0 Å². The Morgan fingerprint density at radius 3 is 2.18 bits per heavy atom. The minimum absolute atomic E-state index is 0.0244. The summed E-state index contributed by atoms with van der Waals surface area (Å²) in [7, 11) is 3.84. The van der Waals surface area contributed by atoms with Gasteiger partial charge in [0.2, 0.25) is 5.91 Å². The highest BCUT2D eigenvalue weighted by Crippen LogP contribution is 2.32. The summed E-state index contributed by atoms with van der Waals surface area (Å²) in [5, 5.41) is 6.60. The molecule has 6 nitrogen and oxygen atoms in total. The number of piperidine rings is 1. The van der Waals surface area contributed by atoms with Crippen molar-refractivity contribution >= 4 is 46.5 Å². The number of benzene rings is 2. The number of likely N-dealkylation sites (tertiary alicyclic amines) is 1. The van der Waals surface area contributed by atoms with E-state index in [-0.39, 0.29) is 11.9 Å². The van der Waals surface area contributed by atoms with Crippen molar-refractivity contribution in [2.45, 2.75) is 31.6 Å². The topological polar surface area (TPSA) is 64.7 Å². The number of nitrogens with zero attached hydrogens (tertiary/aromatic N) is 2. The number of para-hydroxylation sites is 1. The molecule has 0 aromatic heterocycles. The van der Waals surface area contributed by atoms with E-state index in [1.807, 2.05) is 31.1 Å². The zero-order valence-electron chi connectivity index (χ0n) is 19.0. The fourth-order valence-corrected chi connectivity index (χ4v) is 4.25. The number of amides is 3. The number of allylic oxidation sites excluding steroid dienone is 1. The molecule has 0 bridgehead atoms. The normalized spacial score (nSPS) is 14.0. The number of halogens is 2. The van der Waals surface area contributed by atoms with Crippen molar-refractivity contribution in [1.29, 1.82) is 0 Å². The molecule has 2 aromatic rings. The Bertz CT molecular complexity index is 980. The average Bonchev–Trinajstić information content (AvgIpc) is 2.80. The summed E-state index contributed by atoms with van der Waals surface area (Å²) in [4.78, 5) is 28.5. The van der Waals surface area contributed by atoms with E-state index in [1.165, 1.54) is 5.56 Å². The second-order valence-corrected chi connectivity index (χ2v) is 9.23. The van der Waals surface area contributed by atoms with Crippen LogP contribution in [0.4, 0.5) is 16.2 Å². The SMILES string of the molecule is C=C(CCC(=O)Nc1ccc(C2CCN(C(=O)Nc3c(Cl)cccc3Cl)CC2)cc1)N(C)C. The highest BCUT2D eigenvalue weighted by Gasteiger charge is 2.24. The molecule has 8 heteroatoms. The largest absolute Gasteiger partial charge is 0.381 e. The van der Waals surface area contributed by atoms with E-state index in [4.69, 9.17) is 23.2 Å². The number of carbonyl (C=O) groups is 2. The molecule has 0 saturated carbocycles. The first kappa shape index (κ1) is 24.9. The predicted octanol–water partition coefficient (Wildman–Crippen LogP) is 6.20. The second-order valence-electron chi connectivity index (χ2n) is 8.42. The Kier molecular flexibility index (Phi) is 8.64. The maximum atomic E-state index is 12.6. The number of rotatable bonds is 7. The molecule has 1 heterocycles. The summed E-state index contributed by atoms with van der Waals surface area (Å²) in [5.74, 6) is 0.342. The third-order valence-corrected chi connectivity index (χ3v) is 6.55. The van der Waals surface area contributed by atoms with Gasteiger partial charge in [-0.15, -0.1) is 0 Å². The van der Waals surface area contributed by atoms with Crippen molar-refractivity contribution < 1.29 is 9.59 Å². The predicted molar refractivity (Wildman–Crippen MR) is 136 cm³/mol. The molecule has 176 valence electrons. The fourth-order valence-electron chi connectivity index (χ4n) is 3.76. The van der Waals surface area contributed by atoms with Crippen LogP contribution in [0.25, 0.3) is 0 Å². The summed E-state index contributed by atoms with van der Waals surface area (Å²) >= 11 is 12.3. The number of nitrogens with one attached hydrogen (secondary N) is 2. The molecule has 1 fully saturated rings. The summed E-state index contributed by atoms with van der Waals surface area (Å²) in [6.07, 6.45) is 2.76. The van der Waals surface area contributed by atoms with Crippen molar-refractivity contribution in [2.75, 3.05) is 37.8 Å². The number of anilines is 2. The van der Waals surface area contributed by atoms with Gasteiger partial charge in [0.15, 0.2) is 0 Å². The number of hydrogen-bond acceptors (Lipinski definition) is 3. The lowest BCUT2D eigenvalue weighted by atomic mass is 9.89. The summed E-state index contributed by atoms with van der Waals surface area (Å²) in [5.41, 5.74) is 3.36. The van der Waals surface area contributed by atoms with Crippen LogP contribution >= 0.6 is 23.2 Å². The van der Waals surface area contributed by atoms with Crippen molar-refractivity contribution in [2.24, 2.45) is 0 Å². The van der Waals surface area contributed by atoms with Crippen molar-refractivity contribution in [3.8, 4) is 0 Å². The van der Waals surface area contributed by atoms with E-state index in [9.17, 15) is 9.59 Å². The minimum Gasteiger partial charge on any atom is -0.381 e. The van der Waals surface area contributed by atoms with Gasteiger partial charge >= 0.3 is 6.03 Å². The molecular weight excluding hydrogens is 459 g/mol. The Morgan fingerprint density at radius 1 is 1.00 bits per heavy atom. The first-order valence-corrected chi connectivity index (χ1v) is 11.7. The zero-order valence-corrected chi connectivity index (χ0v) is 20.5. The van der Waals surface area contributed by atoms with Gasteiger partial charge in [-0.1, -0.05) is 48.0 Å². The Labute approximate surface area is 205 Å². The Morgan fingerprint density at radius 2 is 1.61 bits per heavy atom. The standard InChI is InChI=1S/C25H30Cl2N4O2/c1-17(30(2)3)7-12-23(32)28-20-10-8-18(9-11-20)19-13-15-31(16-14-19)25(33)29-24-21(26)5-4-6-22(24)27/h4-6,8-11,19H,1,7,12-16H2,2-3H3,(H,28,32)(H,29,33). The summed E-state index contributed by atoms with van der Waals surface area (Å²) < 4.78 is 0. The van der Waals surface area contributed by atoms with E-state index in [1.54, 1.807) is 23.1 Å². The van der Waals surface area contributed by atoms with Crippen LogP contribution in [0.1, 0.15) is 37.2 Å². The van der Waals surface area contributed by atoms with E-state index in [2.05, 4.69) is 29.3 Å². The molecule has 0 spiro atoms. The van der Waals surface area contributed by atoms with Crippen LogP contribution in [-0.2, 0) is 4.79 Å². The first-order chi connectivity index (χ1) is 15.7. The second kappa shape index (κ2) is 11.4. The van der Waals surface area contributed by atoms with Crippen molar-refractivity contribution in [1.82, 2.24) is 9.80 Å². The lowest BCUT2D eigenvalue weighted by Crippen LogP contribution is -2.40. The molecule has 33 heavy (non-hydrogen) atoms. The highest BCUT2D eigenvalue weighted by atomic mass is 35.5. The average molecular weight is 489 g/mol. The van der Waals surface area contributed by atoms with Crippen LogP contribution in [0.15, 0.2) is 54.7 Å². The Balaban J connectivity index is 1.48. The first-order valence-electron chi connectivity index (χ1n) is 11.0. The fraction of sp³-hybridized carbons (Fsp3) is 0.360. The van der Waals surface area contributed by atoms with Crippen LogP contribution in [0.3, 0.4) is 0 Å². The van der Waals surface area contributed by atoms with Gasteiger partial charge in [0.1, 0.15) is 0 Å². The van der Waals surface area contributed by atoms with Gasteiger partial charge in [-0.25, -0.2) is 4.79 Å². The van der Waals surface area contributed by atoms with Crippen LogP contribution in [0.2, 0.25) is 10.0 Å². The van der Waals surface area contributed by atoms with E-state index < -0.39 is 0 Å². The van der Waals surface area contributed by atoms with Gasteiger partial charge in [0, 0.05) is 45.0 Å². The molecule has 1 saturated heterocycles. The molecular formula is C25H30Cl2N4O2. The van der Waals surface area contributed by atoms with Gasteiger partial charge in [-0.2, -0.15) is 0 Å². The van der Waals surface area contributed by atoms with Crippen molar-refractivity contribution in [3.05, 3.63) is 70.3 Å². The molecule has 2 aromatic carbocycles. The minimum atomic E-state index is -0.196. The number of urea groups is 1. The molecule has 1 aliphatic heterocycles. The van der Waals surface area contributed by atoms with Crippen LogP contribution < -0.4 is 10.6 Å². The molecule has 0 atom stereocenters. The maximum Gasteiger partial charge on any atom is 0.321 e. The van der Waals surface area contributed by atoms with Gasteiger partial charge in [0.05, 0.1) is 15.7 Å². The third kappa shape index (κ3) is 6.89. The van der Waals surface area contributed by atoms with Crippen LogP contribution in [-0.4, -0.2) is 48.9 Å². The van der Waals surface area contributed by atoms with Gasteiger partial charge in [-0.05, 0) is 55.0 Å². The lowest BCUT2D eigenvalue weighted by molar-refractivity contribution is -0.116. The Hall–Kier alpha value is -2.70. The van der Waals surface area contributed by atoms with E-state index >= 15 is 0 Å². The molecule has 0 aliphatic carbocycles. The van der Waals surface area contributed by atoms with Crippen molar-refractivity contribution in [3.63, 3.8) is 0 Å².